The molecule has 2 aromatic carbocycles. The van der Waals surface area contributed by atoms with Crippen LogP contribution in [-0.4, -0.2) is 34.0 Å². The van der Waals surface area contributed by atoms with Crippen LogP contribution in [0, 0.1) is 5.92 Å². The lowest BCUT2D eigenvalue weighted by atomic mass is 9.84. The zero-order valence-corrected chi connectivity index (χ0v) is 18.3. The summed E-state index contributed by atoms with van der Waals surface area (Å²) in [6.07, 6.45) is 9.51. The zero-order chi connectivity index (χ0) is 22.5. The van der Waals surface area contributed by atoms with E-state index in [9.17, 15) is 4.79 Å². The van der Waals surface area contributed by atoms with E-state index in [1.165, 1.54) is 11.1 Å². The van der Waals surface area contributed by atoms with E-state index in [4.69, 9.17) is 15.6 Å². The Hall–Kier alpha value is -3.38. The van der Waals surface area contributed by atoms with Gasteiger partial charge in [0.1, 0.15) is 11.8 Å². The minimum Gasteiger partial charge on any atom is -0.497 e. The number of ether oxygens (including phenoxy) is 1. The average Bonchev–Trinajstić information content (AvgIpc) is 3.28. The third-order valence-corrected chi connectivity index (χ3v) is 6.13. The van der Waals surface area contributed by atoms with Gasteiger partial charge in [-0.2, -0.15) is 5.10 Å². The molecule has 0 spiro atoms. The largest absolute Gasteiger partial charge is 0.497 e. The van der Waals surface area contributed by atoms with E-state index < -0.39 is 12.0 Å². The summed E-state index contributed by atoms with van der Waals surface area (Å²) in [6.45, 7) is 0.710. The van der Waals surface area contributed by atoms with Crippen molar-refractivity contribution in [1.82, 2.24) is 9.78 Å². The van der Waals surface area contributed by atoms with Crippen molar-refractivity contribution in [2.24, 2.45) is 11.7 Å². The van der Waals surface area contributed by atoms with Crippen molar-refractivity contribution in [2.45, 2.75) is 38.3 Å². The van der Waals surface area contributed by atoms with Crippen LogP contribution in [0.15, 0.2) is 67.0 Å². The lowest BCUT2D eigenvalue weighted by Gasteiger charge is -2.22. The third-order valence-electron chi connectivity index (χ3n) is 6.13. The van der Waals surface area contributed by atoms with Crippen LogP contribution in [-0.2, 0) is 11.3 Å². The number of hydrogen-bond donors (Lipinski definition) is 2. The molecule has 32 heavy (non-hydrogen) atoms. The second-order valence-electron chi connectivity index (χ2n) is 8.41. The van der Waals surface area contributed by atoms with Gasteiger partial charge in [-0.25, -0.2) is 0 Å². The summed E-state index contributed by atoms with van der Waals surface area (Å²) >= 11 is 0. The molecule has 1 aromatic heterocycles. The van der Waals surface area contributed by atoms with E-state index in [1.54, 1.807) is 7.11 Å². The molecule has 166 valence electrons. The quantitative estimate of drug-likeness (QED) is 0.544. The molecular weight excluding hydrogens is 402 g/mol. The molecule has 2 atom stereocenters. The molecule has 1 aliphatic rings. The molecule has 3 aromatic rings. The minimum absolute atomic E-state index is 0.336. The first kappa shape index (κ1) is 21.8. The molecule has 6 heteroatoms. The Balaban J connectivity index is 1.37. The van der Waals surface area contributed by atoms with E-state index in [0.29, 0.717) is 18.9 Å². The maximum Gasteiger partial charge on any atom is 0.320 e. The number of carboxylic acids is 1. The minimum atomic E-state index is -0.919. The third kappa shape index (κ3) is 5.26. The smallest absolute Gasteiger partial charge is 0.320 e. The van der Waals surface area contributed by atoms with Gasteiger partial charge < -0.3 is 15.6 Å². The lowest BCUT2D eigenvalue weighted by molar-refractivity contribution is -0.138. The highest BCUT2D eigenvalue weighted by molar-refractivity contribution is 5.73. The fourth-order valence-electron chi connectivity index (χ4n) is 4.23. The van der Waals surface area contributed by atoms with Crippen LogP contribution in [0.5, 0.6) is 5.75 Å². The van der Waals surface area contributed by atoms with Crippen LogP contribution >= 0.6 is 0 Å². The number of nitrogens with zero attached hydrogens (tertiary/aromatic N) is 2. The Morgan fingerprint density at radius 3 is 2.72 bits per heavy atom. The monoisotopic (exact) mass is 431 g/mol. The molecule has 0 saturated carbocycles. The first-order chi connectivity index (χ1) is 15.5. The highest BCUT2D eigenvalue weighted by atomic mass is 16.5. The average molecular weight is 432 g/mol. The molecular formula is C26H29N3O3. The van der Waals surface area contributed by atoms with E-state index in [-0.39, 0.29) is 0 Å². The van der Waals surface area contributed by atoms with Gasteiger partial charge in [-0.05, 0) is 66.0 Å². The van der Waals surface area contributed by atoms with Crippen molar-refractivity contribution in [3.8, 4) is 16.9 Å². The Labute approximate surface area is 188 Å². The molecule has 0 aliphatic heterocycles. The summed E-state index contributed by atoms with van der Waals surface area (Å²) in [5, 5.41) is 13.5. The molecule has 4 rings (SSSR count). The molecule has 0 saturated heterocycles. The van der Waals surface area contributed by atoms with Gasteiger partial charge in [-0.3, -0.25) is 9.48 Å². The van der Waals surface area contributed by atoms with Crippen LogP contribution in [0.2, 0.25) is 0 Å². The molecule has 0 bridgehead atoms. The Kier molecular flexibility index (Phi) is 6.71. The number of aromatic nitrogens is 2. The number of allylic oxidation sites excluding steroid dienone is 2. The van der Waals surface area contributed by atoms with E-state index in [2.05, 4.69) is 47.7 Å². The van der Waals surface area contributed by atoms with Crippen LogP contribution in [0.1, 0.15) is 36.8 Å². The highest BCUT2D eigenvalue weighted by Crippen LogP contribution is 2.32. The molecule has 0 fully saturated rings. The first-order valence-electron chi connectivity index (χ1n) is 11.0. The van der Waals surface area contributed by atoms with E-state index in [1.807, 2.05) is 29.1 Å². The van der Waals surface area contributed by atoms with Crippen molar-refractivity contribution in [2.75, 3.05) is 7.11 Å². The number of rotatable bonds is 8. The predicted molar refractivity (Wildman–Crippen MR) is 125 cm³/mol. The van der Waals surface area contributed by atoms with Crippen molar-refractivity contribution >= 4 is 11.5 Å². The number of methoxy groups -OCH3 is 1. The van der Waals surface area contributed by atoms with Gasteiger partial charge in [0.25, 0.3) is 0 Å². The lowest BCUT2D eigenvalue weighted by Crippen LogP contribution is -2.32. The number of carbonyl (C=O) groups is 1. The molecule has 0 radical (unpaired) electrons. The molecule has 6 nitrogen and oxygen atoms in total. The van der Waals surface area contributed by atoms with Crippen molar-refractivity contribution in [1.29, 1.82) is 0 Å². The number of nitrogens with two attached hydrogens (primary N) is 1. The summed E-state index contributed by atoms with van der Waals surface area (Å²) in [4.78, 5) is 11.0. The summed E-state index contributed by atoms with van der Waals surface area (Å²) in [5.74, 6) is 0.268. The SMILES string of the molecule is COc1cccc(-c2ccc(Cn3cc(C4=CCC(CC(N)C(=O)O)CC4)cn3)cc2)c1. The summed E-state index contributed by atoms with van der Waals surface area (Å²) in [7, 11) is 1.68. The Morgan fingerprint density at radius 1 is 1.22 bits per heavy atom. The van der Waals surface area contributed by atoms with Crippen molar-refractivity contribution < 1.29 is 14.6 Å². The predicted octanol–water partition coefficient (Wildman–Crippen LogP) is 4.59. The fourth-order valence-corrected chi connectivity index (χ4v) is 4.23. The second kappa shape index (κ2) is 9.83. The number of hydrogen-bond acceptors (Lipinski definition) is 4. The number of benzene rings is 2. The van der Waals surface area contributed by atoms with Gasteiger partial charge in [-0.1, -0.05) is 42.5 Å². The molecule has 1 aliphatic carbocycles. The van der Waals surface area contributed by atoms with Gasteiger partial charge in [0.15, 0.2) is 0 Å². The molecule has 2 unspecified atom stereocenters. The Bertz CT molecular complexity index is 1100. The highest BCUT2D eigenvalue weighted by Gasteiger charge is 2.21. The summed E-state index contributed by atoms with van der Waals surface area (Å²) in [5.41, 5.74) is 11.6. The van der Waals surface area contributed by atoms with Gasteiger partial charge in [0, 0.05) is 11.8 Å². The molecule has 3 N–H and O–H groups in total. The fraction of sp³-hybridized carbons (Fsp3) is 0.308. The van der Waals surface area contributed by atoms with Crippen LogP contribution < -0.4 is 10.5 Å². The topological polar surface area (TPSA) is 90.4 Å². The zero-order valence-electron chi connectivity index (χ0n) is 18.3. The maximum atomic E-state index is 11.0. The normalized spacial score (nSPS) is 16.9. The van der Waals surface area contributed by atoms with Crippen LogP contribution in [0.25, 0.3) is 16.7 Å². The van der Waals surface area contributed by atoms with Gasteiger partial charge >= 0.3 is 5.97 Å². The van der Waals surface area contributed by atoms with E-state index >= 15 is 0 Å². The van der Waals surface area contributed by atoms with Gasteiger partial charge in [-0.15, -0.1) is 0 Å². The summed E-state index contributed by atoms with van der Waals surface area (Å²) in [6, 6.07) is 15.8. The number of aliphatic carboxylic acids is 1. The van der Waals surface area contributed by atoms with Crippen molar-refractivity contribution in [3.63, 3.8) is 0 Å². The van der Waals surface area contributed by atoms with Gasteiger partial charge in [0.05, 0.1) is 19.9 Å². The molecule has 0 amide bonds. The van der Waals surface area contributed by atoms with Crippen molar-refractivity contribution in [3.05, 3.63) is 78.1 Å². The second-order valence-corrected chi connectivity index (χ2v) is 8.41. The maximum absolute atomic E-state index is 11.0. The Morgan fingerprint density at radius 2 is 2.03 bits per heavy atom. The first-order valence-corrected chi connectivity index (χ1v) is 11.0. The standard InChI is InChI=1S/C26H29N3O3/c1-32-24-4-2-3-22(14-24)20-11-7-19(8-12-20)16-29-17-23(15-28-29)21-9-5-18(6-10-21)13-25(27)26(30)31/h2-4,7-9,11-12,14-15,17-18,25H,5-6,10,13,16,27H2,1H3,(H,30,31). The van der Waals surface area contributed by atoms with Crippen LogP contribution in [0.4, 0.5) is 0 Å². The number of carboxylic acid groups (broad SMARTS) is 1. The summed E-state index contributed by atoms with van der Waals surface area (Å²) < 4.78 is 7.28. The van der Waals surface area contributed by atoms with E-state index in [0.717, 1.165) is 41.7 Å². The van der Waals surface area contributed by atoms with Gasteiger partial charge in [0.2, 0.25) is 0 Å². The van der Waals surface area contributed by atoms with Crippen LogP contribution in [0.3, 0.4) is 0 Å². The molecule has 1 heterocycles.